The molecule has 6 nitrogen and oxygen atoms in total. The number of halogens is 2. The van der Waals surface area contributed by atoms with Gasteiger partial charge in [0.2, 0.25) is 0 Å². The molecular weight excluding hydrogens is 418 g/mol. The number of methoxy groups -OCH3 is 1. The first-order valence-electron chi connectivity index (χ1n) is 10.5. The van der Waals surface area contributed by atoms with Crippen LogP contribution in [-0.2, 0) is 17.7 Å². The van der Waals surface area contributed by atoms with E-state index in [9.17, 15) is 23.2 Å². The third kappa shape index (κ3) is 4.35. The molecule has 1 spiro atoms. The van der Waals surface area contributed by atoms with Gasteiger partial charge >= 0.3 is 12.0 Å². The number of nitrogens with zero attached hydrogens (tertiary/aromatic N) is 1. The van der Waals surface area contributed by atoms with E-state index in [1.807, 2.05) is 0 Å². The zero-order valence-electron chi connectivity index (χ0n) is 17.7. The zero-order valence-corrected chi connectivity index (χ0v) is 17.7. The molecular formula is C24H24F2N2O4. The Labute approximate surface area is 184 Å². The average Bonchev–Trinajstić information content (AvgIpc) is 2.79. The molecule has 1 fully saturated rings. The third-order valence-electron chi connectivity index (χ3n) is 6.46. The number of piperidine rings is 1. The molecule has 0 saturated carbocycles. The van der Waals surface area contributed by atoms with Gasteiger partial charge in [-0.3, -0.25) is 4.79 Å². The highest BCUT2D eigenvalue weighted by Crippen LogP contribution is 2.43. The molecule has 1 N–H and O–H groups in total. The number of benzene rings is 2. The highest BCUT2D eigenvalue weighted by molar-refractivity contribution is 5.99. The van der Waals surface area contributed by atoms with Crippen LogP contribution < -0.4 is 5.32 Å². The topological polar surface area (TPSA) is 75.7 Å². The maximum atomic E-state index is 13.8. The van der Waals surface area contributed by atoms with Crippen LogP contribution in [0.25, 0.3) is 0 Å². The molecule has 32 heavy (non-hydrogen) atoms. The van der Waals surface area contributed by atoms with Gasteiger partial charge in [0, 0.05) is 31.6 Å². The van der Waals surface area contributed by atoms with Crippen LogP contribution in [0, 0.1) is 17.0 Å². The van der Waals surface area contributed by atoms with E-state index in [0.717, 1.165) is 5.56 Å². The number of esters is 1. The lowest BCUT2D eigenvalue weighted by Crippen LogP contribution is -2.49. The molecule has 1 saturated heterocycles. The van der Waals surface area contributed by atoms with E-state index in [1.165, 1.54) is 37.4 Å². The predicted octanol–water partition coefficient (Wildman–Crippen LogP) is 3.87. The second-order valence-electron chi connectivity index (χ2n) is 8.53. The average molecular weight is 442 g/mol. The van der Waals surface area contributed by atoms with Crippen molar-refractivity contribution in [3.63, 3.8) is 0 Å². The number of hydrogen-bond donors (Lipinski definition) is 1. The number of Topliss-reactive ketones (excluding diaryl/α,β-unsaturated/α-hetero) is 1. The van der Waals surface area contributed by atoms with E-state index >= 15 is 0 Å². The van der Waals surface area contributed by atoms with Crippen molar-refractivity contribution in [3.8, 4) is 0 Å². The first-order valence-corrected chi connectivity index (χ1v) is 10.5. The van der Waals surface area contributed by atoms with Crippen LogP contribution in [0.4, 0.5) is 13.6 Å². The van der Waals surface area contributed by atoms with Crippen molar-refractivity contribution in [2.75, 3.05) is 20.2 Å². The summed E-state index contributed by atoms with van der Waals surface area (Å²) >= 11 is 0. The Hall–Kier alpha value is -3.29. The van der Waals surface area contributed by atoms with E-state index in [1.54, 1.807) is 11.0 Å². The Balaban J connectivity index is 1.35. The fraction of sp³-hybridized carbons (Fsp3) is 0.375. The standard InChI is InChI=1S/C24H24F2N2O4/c1-32-22(30)19-10-15(2-5-20(19)26)14-27-23(31)28-8-6-24(7-9-28)12-16-3-4-17(25)11-18(16)21(29)13-24/h2-5,10-11H,6-9,12-14H2,1H3,(H,27,31). The SMILES string of the molecule is COC(=O)c1cc(CNC(=O)N2CCC3(CC2)CC(=O)c2cc(F)ccc2C3)ccc1F. The minimum absolute atomic E-state index is 0.0404. The fourth-order valence-electron chi connectivity index (χ4n) is 4.64. The van der Waals surface area contributed by atoms with Crippen LogP contribution in [0.15, 0.2) is 36.4 Å². The maximum Gasteiger partial charge on any atom is 0.340 e. The Morgan fingerprint density at radius 3 is 2.56 bits per heavy atom. The summed E-state index contributed by atoms with van der Waals surface area (Å²) in [6, 6.07) is 8.16. The number of rotatable bonds is 3. The summed E-state index contributed by atoms with van der Waals surface area (Å²) in [6.07, 6.45) is 2.44. The molecule has 1 heterocycles. The number of urea groups is 1. The lowest BCUT2D eigenvalue weighted by molar-refractivity contribution is 0.0594. The summed E-state index contributed by atoms with van der Waals surface area (Å²) < 4.78 is 31.8. The van der Waals surface area contributed by atoms with Crippen LogP contribution in [0.1, 0.15) is 51.1 Å². The highest BCUT2D eigenvalue weighted by Gasteiger charge is 2.41. The van der Waals surface area contributed by atoms with Gasteiger partial charge in [0.1, 0.15) is 11.6 Å². The first kappa shape index (κ1) is 21.9. The van der Waals surface area contributed by atoms with Crippen LogP contribution in [-0.4, -0.2) is 42.9 Å². The van der Waals surface area contributed by atoms with Crippen LogP contribution >= 0.6 is 0 Å². The number of carbonyl (C=O) groups excluding carboxylic acids is 3. The molecule has 0 aromatic heterocycles. The van der Waals surface area contributed by atoms with Crippen molar-refractivity contribution in [2.24, 2.45) is 5.41 Å². The first-order chi connectivity index (χ1) is 15.3. The van der Waals surface area contributed by atoms with E-state index in [-0.39, 0.29) is 29.3 Å². The zero-order chi connectivity index (χ0) is 22.9. The number of fused-ring (bicyclic) bond motifs is 1. The summed E-state index contributed by atoms with van der Waals surface area (Å²) in [5.74, 6) is -1.90. The molecule has 0 bridgehead atoms. The van der Waals surface area contributed by atoms with Crippen molar-refractivity contribution in [1.29, 1.82) is 0 Å². The van der Waals surface area contributed by atoms with Gasteiger partial charge in [-0.2, -0.15) is 0 Å². The summed E-state index contributed by atoms with van der Waals surface area (Å²) in [4.78, 5) is 38.5. The van der Waals surface area contributed by atoms with Crippen LogP contribution in [0.3, 0.4) is 0 Å². The number of amides is 2. The molecule has 1 aliphatic carbocycles. The quantitative estimate of drug-likeness (QED) is 0.733. The summed E-state index contributed by atoms with van der Waals surface area (Å²) in [5.41, 5.74) is 1.54. The lowest BCUT2D eigenvalue weighted by Gasteiger charge is -2.44. The van der Waals surface area contributed by atoms with Gasteiger partial charge in [0.25, 0.3) is 0 Å². The van der Waals surface area contributed by atoms with Gasteiger partial charge in [-0.25, -0.2) is 18.4 Å². The number of ether oxygens (including phenoxy) is 1. The normalized spacial score (nSPS) is 17.1. The molecule has 0 atom stereocenters. The minimum atomic E-state index is -0.775. The molecule has 168 valence electrons. The summed E-state index contributed by atoms with van der Waals surface area (Å²) in [7, 11) is 1.18. The van der Waals surface area contributed by atoms with Crippen LogP contribution in [0.5, 0.6) is 0 Å². The number of carbonyl (C=O) groups is 3. The Kier molecular flexibility index (Phi) is 5.95. The second-order valence-corrected chi connectivity index (χ2v) is 8.53. The largest absolute Gasteiger partial charge is 0.465 e. The van der Waals surface area contributed by atoms with Gasteiger partial charge in [-0.05, 0) is 60.1 Å². The van der Waals surface area contributed by atoms with Gasteiger partial charge in [0.15, 0.2) is 5.78 Å². The molecule has 1 aliphatic heterocycles. The molecule has 2 amide bonds. The monoisotopic (exact) mass is 442 g/mol. The second kappa shape index (κ2) is 8.68. The predicted molar refractivity (Wildman–Crippen MR) is 112 cm³/mol. The summed E-state index contributed by atoms with van der Waals surface area (Å²) in [5, 5.41) is 2.80. The number of likely N-dealkylation sites (tertiary alicyclic amines) is 1. The molecule has 0 unspecified atom stereocenters. The Morgan fingerprint density at radius 1 is 1.09 bits per heavy atom. The number of ketones is 1. The molecule has 4 rings (SSSR count). The highest BCUT2D eigenvalue weighted by atomic mass is 19.1. The van der Waals surface area contributed by atoms with E-state index in [0.29, 0.717) is 49.9 Å². The van der Waals surface area contributed by atoms with Crippen LogP contribution in [0.2, 0.25) is 0 Å². The van der Waals surface area contributed by atoms with Crippen molar-refractivity contribution in [3.05, 3.63) is 70.3 Å². The fourth-order valence-corrected chi connectivity index (χ4v) is 4.64. The van der Waals surface area contributed by atoms with Gasteiger partial charge in [-0.15, -0.1) is 0 Å². The molecule has 0 radical (unpaired) electrons. The van der Waals surface area contributed by atoms with E-state index in [4.69, 9.17) is 0 Å². The smallest absolute Gasteiger partial charge is 0.340 e. The minimum Gasteiger partial charge on any atom is -0.465 e. The summed E-state index contributed by atoms with van der Waals surface area (Å²) in [6.45, 7) is 1.15. The van der Waals surface area contributed by atoms with Gasteiger partial charge in [-0.1, -0.05) is 12.1 Å². The number of hydrogen-bond acceptors (Lipinski definition) is 4. The molecule has 2 aromatic rings. The van der Waals surface area contributed by atoms with Crippen molar-refractivity contribution in [1.82, 2.24) is 10.2 Å². The molecule has 8 heteroatoms. The van der Waals surface area contributed by atoms with Crippen molar-refractivity contribution < 1.29 is 27.9 Å². The third-order valence-corrected chi connectivity index (χ3v) is 6.46. The van der Waals surface area contributed by atoms with E-state index < -0.39 is 17.6 Å². The van der Waals surface area contributed by atoms with Gasteiger partial charge in [0.05, 0.1) is 12.7 Å². The van der Waals surface area contributed by atoms with Crippen molar-refractivity contribution >= 4 is 17.8 Å². The Morgan fingerprint density at radius 2 is 1.84 bits per heavy atom. The van der Waals surface area contributed by atoms with E-state index in [2.05, 4.69) is 10.1 Å². The van der Waals surface area contributed by atoms with Crippen molar-refractivity contribution in [2.45, 2.75) is 32.2 Å². The Bertz CT molecular complexity index is 1080. The van der Waals surface area contributed by atoms with Gasteiger partial charge < -0.3 is 15.0 Å². The lowest BCUT2D eigenvalue weighted by atomic mass is 9.66. The number of nitrogens with one attached hydrogen (secondary N) is 1. The molecule has 2 aliphatic rings. The maximum absolute atomic E-state index is 13.8. The molecule has 2 aromatic carbocycles.